The Balaban J connectivity index is 2.93. The number of carbonyl (C=O) groups is 1. The third kappa shape index (κ3) is 18.2. The van der Waals surface area contributed by atoms with E-state index in [1.165, 1.54) is 81.4 Å². The van der Waals surface area contributed by atoms with Gasteiger partial charge in [-0.1, -0.05) is 92.7 Å². The first kappa shape index (κ1) is 19.2. The van der Waals surface area contributed by atoms with Gasteiger partial charge in [0, 0.05) is 5.75 Å². The van der Waals surface area contributed by atoms with Crippen molar-refractivity contribution in [2.75, 3.05) is 11.5 Å². The summed E-state index contributed by atoms with van der Waals surface area (Å²) >= 11 is 0. The van der Waals surface area contributed by atoms with Crippen LogP contribution in [0.4, 0.5) is 0 Å². The standard InChI is InChI=1S/C15H30O2S2/c1-2-3-4-5-6-7-8-9-10-11-12-13-18-19-14-15(16)17/h2-14H2,1H3,(H,16,17). The third-order valence-electron chi connectivity index (χ3n) is 3.10. The molecular weight excluding hydrogens is 276 g/mol. The van der Waals surface area contributed by atoms with Gasteiger partial charge < -0.3 is 5.11 Å². The van der Waals surface area contributed by atoms with Gasteiger partial charge in [0.15, 0.2) is 0 Å². The lowest BCUT2D eigenvalue weighted by molar-refractivity contribution is -0.133. The second-order valence-electron chi connectivity index (χ2n) is 5.01. The van der Waals surface area contributed by atoms with Crippen molar-refractivity contribution in [3.63, 3.8) is 0 Å². The molecule has 2 nitrogen and oxygen atoms in total. The van der Waals surface area contributed by atoms with E-state index >= 15 is 0 Å². The average molecular weight is 307 g/mol. The highest BCUT2D eigenvalue weighted by Crippen LogP contribution is 2.22. The summed E-state index contributed by atoms with van der Waals surface area (Å²) in [6.45, 7) is 2.26. The molecule has 0 saturated heterocycles. The normalized spacial score (nSPS) is 10.8. The molecule has 0 atom stereocenters. The molecule has 19 heavy (non-hydrogen) atoms. The van der Waals surface area contributed by atoms with E-state index in [9.17, 15) is 4.79 Å². The van der Waals surface area contributed by atoms with Crippen LogP contribution in [0.1, 0.15) is 77.6 Å². The van der Waals surface area contributed by atoms with Crippen molar-refractivity contribution in [1.29, 1.82) is 0 Å². The Morgan fingerprint density at radius 1 is 0.789 bits per heavy atom. The van der Waals surface area contributed by atoms with Crippen LogP contribution >= 0.6 is 21.6 Å². The predicted octanol–water partition coefficient (Wildman–Crippen LogP) is 5.76. The largest absolute Gasteiger partial charge is 0.481 e. The SMILES string of the molecule is CCCCCCCCCCCCCSSCC(=O)O. The molecule has 0 heterocycles. The lowest BCUT2D eigenvalue weighted by Crippen LogP contribution is -1.95. The Morgan fingerprint density at radius 2 is 1.26 bits per heavy atom. The molecule has 0 unspecified atom stereocenters. The van der Waals surface area contributed by atoms with Crippen LogP contribution in [0.2, 0.25) is 0 Å². The van der Waals surface area contributed by atoms with E-state index in [4.69, 9.17) is 5.11 Å². The zero-order chi connectivity index (χ0) is 14.2. The van der Waals surface area contributed by atoms with Crippen molar-refractivity contribution in [2.24, 2.45) is 0 Å². The molecular formula is C15H30O2S2. The second-order valence-corrected chi connectivity index (χ2v) is 7.60. The smallest absolute Gasteiger partial charge is 0.314 e. The maximum absolute atomic E-state index is 10.3. The third-order valence-corrected chi connectivity index (χ3v) is 5.44. The minimum Gasteiger partial charge on any atom is -0.481 e. The Morgan fingerprint density at radius 3 is 1.74 bits per heavy atom. The molecule has 0 spiro atoms. The summed E-state index contributed by atoms with van der Waals surface area (Å²) in [4.78, 5) is 10.3. The van der Waals surface area contributed by atoms with Crippen LogP contribution < -0.4 is 0 Å². The second kappa shape index (κ2) is 16.2. The van der Waals surface area contributed by atoms with Gasteiger partial charge in [0.1, 0.15) is 5.75 Å². The topological polar surface area (TPSA) is 37.3 Å². The molecule has 0 aromatic rings. The summed E-state index contributed by atoms with van der Waals surface area (Å²) in [5.41, 5.74) is 0. The molecule has 0 aliphatic carbocycles. The fourth-order valence-electron chi connectivity index (χ4n) is 1.98. The Labute approximate surface area is 126 Å². The maximum atomic E-state index is 10.3. The van der Waals surface area contributed by atoms with Crippen molar-refractivity contribution in [1.82, 2.24) is 0 Å². The molecule has 0 amide bonds. The maximum Gasteiger partial charge on any atom is 0.314 e. The Kier molecular flexibility index (Phi) is 16.4. The molecule has 0 rings (SSSR count). The van der Waals surface area contributed by atoms with Crippen LogP contribution in [-0.2, 0) is 4.79 Å². The van der Waals surface area contributed by atoms with Gasteiger partial charge in [0.05, 0.1) is 0 Å². The molecule has 0 aromatic carbocycles. The van der Waals surface area contributed by atoms with Gasteiger partial charge >= 0.3 is 5.97 Å². The van der Waals surface area contributed by atoms with Gasteiger partial charge in [0.25, 0.3) is 0 Å². The Bertz CT molecular complexity index is 199. The lowest BCUT2D eigenvalue weighted by Gasteiger charge is -2.02. The van der Waals surface area contributed by atoms with Crippen LogP contribution in [0.5, 0.6) is 0 Å². The van der Waals surface area contributed by atoms with Gasteiger partial charge in [-0.15, -0.1) is 0 Å². The highest BCUT2D eigenvalue weighted by Gasteiger charge is 1.97. The number of unbranched alkanes of at least 4 members (excludes halogenated alkanes) is 10. The van der Waals surface area contributed by atoms with E-state index in [0.717, 1.165) is 5.75 Å². The van der Waals surface area contributed by atoms with Crippen LogP contribution in [0.25, 0.3) is 0 Å². The van der Waals surface area contributed by atoms with Crippen molar-refractivity contribution in [3.8, 4) is 0 Å². The first-order chi connectivity index (χ1) is 9.27. The van der Waals surface area contributed by atoms with Gasteiger partial charge in [-0.05, 0) is 6.42 Å². The summed E-state index contributed by atoms with van der Waals surface area (Å²) in [6.07, 6.45) is 15.1. The molecule has 0 aliphatic rings. The number of hydrogen-bond donors (Lipinski definition) is 1. The van der Waals surface area contributed by atoms with Crippen LogP contribution in [-0.4, -0.2) is 22.6 Å². The minimum atomic E-state index is -0.712. The molecule has 0 bridgehead atoms. The summed E-state index contributed by atoms with van der Waals surface area (Å²) in [6, 6.07) is 0. The molecule has 114 valence electrons. The van der Waals surface area contributed by atoms with E-state index < -0.39 is 5.97 Å². The summed E-state index contributed by atoms with van der Waals surface area (Å²) in [5, 5.41) is 8.47. The van der Waals surface area contributed by atoms with Crippen LogP contribution in [0.3, 0.4) is 0 Å². The van der Waals surface area contributed by atoms with Gasteiger partial charge in [-0.3, -0.25) is 4.79 Å². The Hall–Kier alpha value is 0.170. The summed E-state index contributed by atoms with van der Waals surface area (Å²) in [7, 11) is 3.16. The molecule has 0 aromatic heterocycles. The van der Waals surface area contributed by atoms with Gasteiger partial charge in [0.2, 0.25) is 0 Å². The van der Waals surface area contributed by atoms with E-state index in [2.05, 4.69) is 6.92 Å². The molecule has 0 fully saturated rings. The zero-order valence-corrected chi connectivity index (χ0v) is 14.0. The fourth-order valence-corrected chi connectivity index (χ4v) is 3.86. The molecule has 0 saturated carbocycles. The van der Waals surface area contributed by atoms with Crippen molar-refractivity contribution in [2.45, 2.75) is 77.6 Å². The van der Waals surface area contributed by atoms with Crippen LogP contribution in [0.15, 0.2) is 0 Å². The predicted molar refractivity (Wildman–Crippen MR) is 89.0 cm³/mol. The number of aliphatic carboxylic acids is 1. The van der Waals surface area contributed by atoms with Crippen LogP contribution in [0, 0.1) is 0 Å². The number of carboxylic acid groups (broad SMARTS) is 1. The van der Waals surface area contributed by atoms with E-state index in [0.29, 0.717) is 0 Å². The lowest BCUT2D eigenvalue weighted by atomic mass is 10.1. The molecule has 0 aliphatic heterocycles. The van der Waals surface area contributed by atoms with Crippen molar-refractivity contribution < 1.29 is 9.90 Å². The first-order valence-electron chi connectivity index (χ1n) is 7.73. The van der Waals surface area contributed by atoms with Gasteiger partial charge in [-0.25, -0.2) is 0 Å². The summed E-state index contributed by atoms with van der Waals surface area (Å²) in [5.74, 6) is 0.605. The first-order valence-corrected chi connectivity index (χ1v) is 10.2. The monoisotopic (exact) mass is 306 g/mol. The highest BCUT2D eigenvalue weighted by molar-refractivity contribution is 8.76. The molecule has 1 N–H and O–H groups in total. The average Bonchev–Trinajstić information content (AvgIpc) is 2.39. The van der Waals surface area contributed by atoms with E-state index in [1.54, 1.807) is 10.8 Å². The molecule has 4 heteroatoms. The molecule has 0 radical (unpaired) electrons. The quantitative estimate of drug-likeness (QED) is 0.308. The zero-order valence-electron chi connectivity index (χ0n) is 12.4. The van der Waals surface area contributed by atoms with Crippen molar-refractivity contribution in [3.05, 3.63) is 0 Å². The summed E-state index contributed by atoms with van der Waals surface area (Å²) < 4.78 is 0. The van der Waals surface area contributed by atoms with Gasteiger partial charge in [-0.2, -0.15) is 0 Å². The van der Waals surface area contributed by atoms with E-state index in [-0.39, 0.29) is 5.75 Å². The number of carboxylic acids is 1. The number of hydrogen-bond acceptors (Lipinski definition) is 3. The number of rotatable bonds is 15. The fraction of sp³-hybridized carbons (Fsp3) is 0.933. The highest BCUT2D eigenvalue weighted by atomic mass is 33.1. The minimum absolute atomic E-state index is 0.225. The van der Waals surface area contributed by atoms with E-state index in [1.807, 2.05) is 0 Å². The van der Waals surface area contributed by atoms with Crippen molar-refractivity contribution >= 4 is 27.6 Å².